The molecule has 0 aromatic heterocycles. The first-order chi connectivity index (χ1) is 8.88. The van der Waals surface area contributed by atoms with E-state index in [0.29, 0.717) is 6.61 Å². The fourth-order valence-electron chi connectivity index (χ4n) is 1.55. The van der Waals surface area contributed by atoms with Gasteiger partial charge in [0.25, 0.3) is 0 Å². The summed E-state index contributed by atoms with van der Waals surface area (Å²) in [5.74, 6) is 1.64. The molecule has 0 amide bonds. The van der Waals surface area contributed by atoms with E-state index in [2.05, 4.69) is 0 Å². The number of methoxy groups -OCH3 is 1. The molecule has 0 unspecified atom stereocenters. The highest BCUT2D eigenvalue weighted by Gasteiger charge is 1.96. The normalized spacial score (nSPS) is 10.1. The highest BCUT2D eigenvalue weighted by Crippen LogP contribution is 2.13. The molecule has 3 heteroatoms. The van der Waals surface area contributed by atoms with E-state index in [9.17, 15) is 0 Å². The molecule has 2 aromatic carbocycles. The Labute approximate surface area is 107 Å². The molecule has 0 aliphatic heterocycles. The Morgan fingerprint density at radius 3 is 2.44 bits per heavy atom. The largest absolute Gasteiger partial charge is 0.497 e. The van der Waals surface area contributed by atoms with Gasteiger partial charge in [0.1, 0.15) is 11.5 Å². The minimum atomic E-state index is 0.237. The van der Waals surface area contributed by atoms with Gasteiger partial charge in [-0.1, -0.05) is 30.3 Å². The molecule has 18 heavy (non-hydrogen) atoms. The smallest absolute Gasteiger partial charge is 0.189 e. The predicted octanol–water partition coefficient (Wildman–Crippen LogP) is 3.25. The van der Waals surface area contributed by atoms with Gasteiger partial charge in [0.2, 0.25) is 0 Å². The average molecular weight is 244 g/mol. The maximum Gasteiger partial charge on any atom is 0.189 e. The molecule has 2 rings (SSSR count). The van der Waals surface area contributed by atoms with Crippen LogP contribution in [0.1, 0.15) is 5.56 Å². The second-order valence-electron chi connectivity index (χ2n) is 3.78. The molecule has 0 atom stereocenters. The Balaban J connectivity index is 1.75. The van der Waals surface area contributed by atoms with Crippen LogP contribution in [-0.4, -0.2) is 13.9 Å². The first-order valence-electron chi connectivity index (χ1n) is 5.77. The molecule has 0 aliphatic carbocycles. The number of rotatable bonds is 6. The second kappa shape index (κ2) is 6.67. The van der Waals surface area contributed by atoms with Gasteiger partial charge in [0.05, 0.1) is 13.7 Å². The van der Waals surface area contributed by atoms with Crippen LogP contribution in [0.5, 0.6) is 11.5 Å². The average Bonchev–Trinajstić information content (AvgIpc) is 2.45. The van der Waals surface area contributed by atoms with E-state index in [1.165, 1.54) is 0 Å². The minimum absolute atomic E-state index is 0.237. The monoisotopic (exact) mass is 244 g/mol. The molecule has 0 bridgehead atoms. The van der Waals surface area contributed by atoms with Crippen LogP contribution in [0.25, 0.3) is 0 Å². The quantitative estimate of drug-likeness (QED) is 0.576. The van der Waals surface area contributed by atoms with Crippen LogP contribution in [-0.2, 0) is 11.3 Å². The maximum absolute atomic E-state index is 5.45. The van der Waals surface area contributed by atoms with Crippen LogP contribution in [0.4, 0.5) is 0 Å². The van der Waals surface area contributed by atoms with Crippen molar-refractivity contribution in [1.29, 1.82) is 0 Å². The van der Waals surface area contributed by atoms with E-state index < -0.39 is 0 Å². The lowest BCUT2D eigenvalue weighted by Gasteiger charge is -2.08. The van der Waals surface area contributed by atoms with Crippen molar-refractivity contribution in [2.75, 3.05) is 13.9 Å². The summed E-state index contributed by atoms with van der Waals surface area (Å²) in [6, 6.07) is 17.4. The van der Waals surface area contributed by atoms with Gasteiger partial charge in [0, 0.05) is 0 Å². The summed E-state index contributed by atoms with van der Waals surface area (Å²) in [6.07, 6.45) is 0. The third-order valence-electron chi connectivity index (χ3n) is 2.46. The van der Waals surface area contributed by atoms with E-state index >= 15 is 0 Å². The number of benzene rings is 2. The van der Waals surface area contributed by atoms with E-state index in [1.54, 1.807) is 7.11 Å². The van der Waals surface area contributed by atoms with Crippen molar-refractivity contribution < 1.29 is 14.2 Å². The zero-order valence-corrected chi connectivity index (χ0v) is 10.3. The fourth-order valence-corrected chi connectivity index (χ4v) is 1.55. The van der Waals surface area contributed by atoms with Gasteiger partial charge in [0.15, 0.2) is 6.79 Å². The summed E-state index contributed by atoms with van der Waals surface area (Å²) in [7, 11) is 1.65. The van der Waals surface area contributed by atoms with Crippen molar-refractivity contribution in [3.05, 3.63) is 60.2 Å². The molecule has 3 nitrogen and oxygen atoms in total. The van der Waals surface area contributed by atoms with Crippen molar-refractivity contribution in [3.63, 3.8) is 0 Å². The Morgan fingerprint density at radius 2 is 1.67 bits per heavy atom. The molecule has 0 saturated heterocycles. The van der Waals surface area contributed by atoms with Gasteiger partial charge in [-0.15, -0.1) is 0 Å². The first kappa shape index (κ1) is 12.5. The van der Waals surface area contributed by atoms with E-state index in [0.717, 1.165) is 17.1 Å². The SMILES string of the molecule is COc1cccc(COCOc2ccccc2)c1. The Morgan fingerprint density at radius 1 is 0.889 bits per heavy atom. The molecule has 0 saturated carbocycles. The van der Waals surface area contributed by atoms with Crippen LogP contribution in [0.3, 0.4) is 0 Å². The lowest BCUT2D eigenvalue weighted by molar-refractivity contribution is 0.00499. The van der Waals surface area contributed by atoms with Crippen LogP contribution < -0.4 is 9.47 Å². The minimum Gasteiger partial charge on any atom is -0.497 e. The lowest BCUT2D eigenvalue weighted by Crippen LogP contribution is -2.02. The first-order valence-corrected chi connectivity index (χ1v) is 5.77. The van der Waals surface area contributed by atoms with Crippen LogP contribution >= 0.6 is 0 Å². The molecule has 94 valence electrons. The van der Waals surface area contributed by atoms with Crippen LogP contribution in [0, 0.1) is 0 Å². The molecule has 0 fully saturated rings. The summed E-state index contributed by atoms with van der Waals surface area (Å²) in [5.41, 5.74) is 1.06. The number of ether oxygens (including phenoxy) is 3. The summed E-state index contributed by atoms with van der Waals surface area (Å²) in [4.78, 5) is 0. The fraction of sp³-hybridized carbons (Fsp3) is 0.200. The molecule has 0 radical (unpaired) electrons. The number of hydrogen-bond acceptors (Lipinski definition) is 3. The van der Waals surface area contributed by atoms with E-state index in [-0.39, 0.29) is 6.79 Å². The van der Waals surface area contributed by atoms with Gasteiger partial charge in [-0.25, -0.2) is 0 Å². The Hall–Kier alpha value is -2.00. The molecule has 0 aliphatic rings. The molecule has 2 aromatic rings. The van der Waals surface area contributed by atoms with Crippen molar-refractivity contribution >= 4 is 0 Å². The van der Waals surface area contributed by atoms with Gasteiger partial charge >= 0.3 is 0 Å². The van der Waals surface area contributed by atoms with Gasteiger partial charge in [-0.3, -0.25) is 0 Å². The molecule has 0 N–H and O–H groups in total. The molecular weight excluding hydrogens is 228 g/mol. The highest BCUT2D eigenvalue weighted by atomic mass is 16.7. The van der Waals surface area contributed by atoms with Crippen molar-refractivity contribution in [1.82, 2.24) is 0 Å². The standard InChI is InChI=1S/C15H16O3/c1-16-15-9-5-6-13(10-15)11-17-12-18-14-7-3-2-4-8-14/h2-10H,11-12H2,1H3. The maximum atomic E-state index is 5.45. The third-order valence-corrected chi connectivity index (χ3v) is 2.46. The van der Waals surface area contributed by atoms with Crippen LogP contribution in [0.15, 0.2) is 54.6 Å². The van der Waals surface area contributed by atoms with Gasteiger partial charge < -0.3 is 14.2 Å². The van der Waals surface area contributed by atoms with Crippen molar-refractivity contribution in [2.24, 2.45) is 0 Å². The molecule has 0 spiro atoms. The summed E-state index contributed by atoms with van der Waals surface area (Å²) >= 11 is 0. The topological polar surface area (TPSA) is 27.7 Å². The Bertz CT molecular complexity index is 468. The Kier molecular flexibility index (Phi) is 4.61. The van der Waals surface area contributed by atoms with Crippen LogP contribution in [0.2, 0.25) is 0 Å². The summed E-state index contributed by atoms with van der Waals surface area (Å²) in [6.45, 7) is 0.741. The van der Waals surface area contributed by atoms with E-state index in [1.807, 2.05) is 54.6 Å². The zero-order valence-electron chi connectivity index (χ0n) is 10.3. The third kappa shape index (κ3) is 3.79. The summed E-state index contributed by atoms with van der Waals surface area (Å²) in [5, 5.41) is 0. The number of hydrogen-bond donors (Lipinski definition) is 0. The second-order valence-corrected chi connectivity index (χ2v) is 3.78. The van der Waals surface area contributed by atoms with E-state index in [4.69, 9.17) is 14.2 Å². The highest BCUT2D eigenvalue weighted by molar-refractivity contribution is 5.27. The van der Waals surface area contributed by atoms with Gasteiger partial charge in [-0.2, -0.15) is 0 Å². The predicted molar refractivity (Wildman–Crippen MR) is 69.7 cm³/mol. The number of para-hydroxylation sites is 1. The lowest BCUT2D eigenvalue weighted by atomic mass is 10.2. The van der Waals surface area contributed by atoms with Crippen molar-refractivity contribution in [3.8, 4) is 11.5 Å². The molecular formula is C15H16O3. The van der Waals surface area contributed by atoms with Gasteiger partial charge in [-0.05, 0) is 29.8 Å². The summed E-state index contributed by atoms with van der Waals surface area (Å²) < 4.78 is 16.0. The molecule has 0 heterocycles. The zero-order chi connectivity index (χ0) is 12.6. The van der Waals surface area contributed by atoms with Crippen molar-refractivity contribution in [2.45, 2.75) is 6.61 Å².